The van der Waals surface area contributed by atoms with Crippen LogP contribution in [0.15, 0.2) is 53.2 Å². The van der Waals surface area contributed by atoms with Crippen molar-refractivity contribution in [1.82, 2.24) is 10.1 Å². The molecule has 3 aromatic rings. The summed E-state index contributed by atoms with van der Waals surface area (Å²) in [7, 11) is 0. The van der Waals surface area contributed by atoms with Crippen LogP contribution in [-0.4, -0.2) is 27.8 Å². The molecule has 140 valence electrons. The van der Waals surface area contributed by atoms with E-state index >= 15 is 0 Å². The molecule has 0 unspecified atom stereocenters. The summed E-state index contributed by atoms with van der Waals surface area (Å²) in [6, 6.07) is 12.9. The predicted molar refractivity (Wildman–Crippen MR) is 103 cm³/mol. The number of hydrogen-bond acceptors (Lipinski definition) is 6. The normalized spacial score (nSPS) is 11.4. The number of aliphatic hydroxyl groups excluding tert-OH is 1. The van der Waals surface area contributed by atoms with Gasteiger partial charge in [-0.2, -0.15) is 0 Å². The largest absolute Gasteiger partial charge is 0.395 e. The summed E-state index contributed by atoms with van der Waals surface area (Å²) in [5.41, 5.74) is 8.48. The number of hydrogen-bond donors (Lipinski definition) is 3. The standard InChI is InChI=1S/C20H22N4O3/c1-20(2,12-25)16-10-19(27-24-16)23-18(26)9-13-3-5-14(6-4-13)15-7-8-17(21)22-11-15/h3-8,10-11,25H,9,12H2,1-2H3,(H2,21,22)(H,23,26). The number of nitrogens with zero attached hydrogens (tertiary/aromatic N) is 2. The molecular weight excluding hydrogens is 344 g/mol. The Balaban J connectivity index is 1.62. The SMILES string of the molecule is CC(C)(CO)c1cc(NC(=O)Cc2ccc(-c3ccc(N)nc3)cc2)on1. The van der Waals surface area contributed by atoms with Gasteiger partial charge in [-0.05, 0) is 23.3 Å². The average Bonchev–Trinajstić information content (AvgIpc) is 3.12. The zero-order valence-corrected chi connectivity index (χ0v) is 15.3. The van der Waals surface area contributed by atoms with Crippen molar-refractivity contribution in [3.63, 3.8) is 0 Å². The number of aliphatic hydroxyl groups is 1. The topological polar surface area (TPSA) is 114 Å². The number of nitrogen functional groups attached to an aromatic ring is 1. The number of aromatic nitrogens is 2. The fourth-order valence-electron chi connectivity index (χ4n) is 2.49. The highest BCUT2D eigenvalue weighted by Gasteiger charge is 2.24. The Morgan fingerprint density at radius 1 is 1.19 bits per heavy atom. The molecule has 2 aromatic heterocycles. The second-order valence-electron chi connectivity index (χ2n) is 7.01. The van der Waals surface area contributed by atoms with Crippen molar-refractivity contribution in [2.45, 2.75) is 25.7 Å². The quantitative estimate of drug-likeness (QED) is 0.618. The molecule has 0 fully saturated rings. The number of rotatable bonds is 6. The lowest BCUT2D eigenvalue weighted by atomic mass is 9.91. The van der Waals surface area contributed by atoms with Crippen molar-refractivity contribution < 1.29 is 14.4 Å². The van der Waals surface area contributed by atoms with Crippen molar-refractivity contribution in [2.24, 2.45) is 0 Å². The first kappa shape index (κ1) is 18.6. The van der Waals surface area contributed by atoms with Gasteiger partial charge >= 0.3 is 0 Å². The molecule has 3 rings (SSSR count). The summed E-state index contributed by atoms with van der Waals surface area (Å²) in [6.45, 7) is 3.62. The summed E-state index contributed by atoms with van der Waals surface area (Å²) in [5, 5.41) is 16.0. The van der Waals surface area contributed by atoms with Crippen LogP contribution in [0.2, 0.25) is 0 Å². The lowest BCUT2D eigenvalue weighted by molar-refractivity contribution is -0.115. The lowest BCUT2D eigenvalue weighted by Crippen LogP contribution is -2.22. The molecule has 7 heteroatoms. The summed E-state index contributed by atoms with van der Waals surface area (Å²) >= 11 is 0. The number of pyridine rings is 1. The van der Waals surface area contributed by atoms with Crippen LogP contribution in [0.4, 0.5) is 11.7 Å². The van der Waals surface area contributed by atoms with Crippen molar-refractivity contribution in [3.05, 3.63) is 59.9 Å². The summed E-state index contributed by atoms with van der Waals surface area (Å²) in [6.07, 6.45) is 1.92. The van der Waals surface area contributed by atoms with Gasteiger partial charge in [-0.1, -0.05) is 43.3 Å². The van der Waals surface area contributed by atoms with E-state index in [0.29, 0.717) is 11.5 Å². The molecule has 0 aliphatic rings. The fourth-order valence-corrected chi connectivity index (χ4v) is 2.49. The van der Waals surface area contributed by atoms with E-state index < -0.39 is 5.41 Å². The minimum absolute atomic E-state index is 0.0667. The number of nitrogens with two attached hydrogens (primary N) is 1. The van der Waals surface area contributed by atoms with Gasteiger partial charge in [-0.15, -0.1) is 0 Å². The maximum atomic E-state index is 12.2. The van der Waals surface area contributed by atoms with Gasteiger partial charge in [-0.25, -0.2) is 4.98 Å². The molecule has 1 amide bonds. The highest BCUT2D eigenvalue weighted by Crippen LogP contribution is 2.24. The van der Waals surface area contributed by atoms with E-state index in [1.54, 1.807) is 18.3 Å². The van der Waals surface area contributed by atoms with Crippen LogP contribution in [0, 0.1) is 0 Å². The van der Waals surface area contributed by atoms with E-state index in [9.17, 15) is 9.90 Å². The zero-order valence-electron chi connectivity index (χ0n) is 15.3. The Hall–Kier alpha value is -3.19. The van der Waals surface area contributed by atoms with Crippen LogP contribution in [0.3, 0.4) is 0 Å². The van der Waals surface area contributed by atoms with Crippen LogP contribution in [0.5, 0.6) is 0 Å². The third kappa shape index (κ3) is 4.51. The van der Waals surface area contributed by atoms with Crippen LogP contribution in [-0.2, 0) is 16.6 Å². The van der Waals surface area contributed by atoms with E-state index in [4.69, 9.17) is 10.3 Å². The molecule has 0 spiro atoms. The van der Waals surface area contributed by atoms with Gasteiger partial charge in [0.1, 0.15) is 5.82 Å². The maximum Gasteiger partial charge on any atom is 0.231 e. The first-order valence-electron chi connectivity index (χ1n) is 8.56. The number of carbonyl (C=O) groups excluding carboxylic acids is 1. The molecule has 0 aliphatic heterocycles. The Morgan fingerprint density at radius 3 is 2.52 bits per heavy atom. The number of anilines is 2. The maximum absolute atomic E-state index is 12.2. The molecular formula is C20H22N4O3. The van der Waals surface area contributed by atoms with Crippen LogP contribution in [0.1, 0.15) is 25.1 Å². The van der Waals surface area contributed by atoms with Crippen LogP contribution in [0.25, 0.3) is 11.1 Å². The van der Waals surface area contributed by atoms with E-state index in [1.165, 1.54) is 0 Å². The van der Waals surface area contributed by atoms with Gasteiger partial charge in [0.05, 0.1) is 18.7 Å². The van der Waals surface area contributed by atoms with Crippen molar-refractivity contribution in [2.75, 3.05) is 17.7 Å². The minimum Gasteiger partial charge on any atom is -0.395 e. The third-order valence-corrected chi connectivity index (χ3v) is 4.30. The molecule has 0 aliphatic carbocycles. The molecule has 0 radical (unpaired) electrons. The van der Waals surface area contributed by atoms with Gasteiger partial charge in [0.25, 0.3) is 0 Å². The molecule has 4 N–H and O–H groups in total. The molecule has 0 saturated carbocycles. The second kappa shape index (κ2) is 7.59. The first-order chi connectivity index (χ1) is 12.9. The minimum atomic E-state index is -0.529. The molecule has 0 saturated heterocycles. The van der Waals surface area contributed by atoms with Gasteiger partial charge in [-0.3, -0.25) is 10.1 Å². The molecule has 1 aromatic carbocycles. The second-order valence-corrected chi connectivity index (χ2v) is 7.01. The monoisotopic (exact) mass is 366 g/mol. The van der Waals surface area contributed by atoms with Gasteiger partial charge in [0, 0.05) is 23.2 Å². The number of carbonyl (C=O) groups is 1. The van der Waals surface area contributed by atoms with Gasteiger partial charge < -0.3 is 15.4 Å². The molecule has 0 atom stereocenters. The summed E-state index contributed by atoms with van der Waals surface area (Å²) in [4.78, 5) is 16.3. The Labute approximate surface area is 157 Å². The van der Waals surface area contributed by atoms with E-state index in [2.05, 4.69) is 15.5 Å². The number of nitrogens with one attached hydrogen (secondary N) is 1. The highest BCUT2D eigenvalue weighted by atomic mass is 16.5. The highest BCUT2D eigenvalue weighted by molar-refractivity contribution is 5.91. The smallest absolute Gasteiger partial charge is 0.231 e. The van der Waals surface area contributed by atoms with Crippen LogP contribution < -0.4 is 11.1 Å². The summed E-state index contributed by atoms with van der Waals surface area (Å²) < 4.78 is 5.14. The van der Waals surface area contributed by atoms with Crippen molar-refractivity contribution in [1.29, 1.82) is 0 Å². The predicted octanol–water partition coefficient (Wildman–Crippen LogP) is 2.77. The molecule has 27 heavy (non-hydrogen) atoms. The van der Waals surface area contributed by atoms with E-state index in [1.807, 2.05) is 44.2 Å². The molecule has 2 heterocycles. The lowest BCUT2D eigenvalue weighted by Gasteiger charge is -2.16. The number of benzene rings is 1. The van der Waals surface area contributed by atoms with E-state index in [0.717, 1.165) is 16.7 Å². The van der Waals surface area contributed by atoms with Crippen molar-refractivity contribution >= 4 is 17.6 Å². The van der Waals surface area contributed by atoms with Crippen LogP contribution >= 0.6 is 0 Å². The fraction of sp³-hybridized carbons (Fsp3) is 0.250. The average molecular weight is 366 g/mol. The Bertz CT molecular complexity index is 915. The Kier molecular flexibility index (Phi) is 5.23. The van der Waals surface area contributed by atoms with Gasteiger partial charge in [0.2, 0.25) is 11.8 Å². The van der Waals surface area contributed by atoms with E-state index in [-0.39, 0.29) is 24.8 Å². The Morgan fingerprint density at radius 2 is 1.89 bits per heavy atom. The van der Waals surface area contributed by atoms with Gasteiger partial charge in [0.15, 0.2) is 0 Å². The third-order valence-electron chi connectivity index (χ3n) is 4.30. The van der Waals surface area contributed by atoms with Crippen molar-refractivity contribution in [3.8, 4) is 11.1 Å². The molecule has 0 bridgehead atoms. The number of amides is 1. The molecule has 7 nitrogen and oxygen atoms in total. The summed E-state index contributed by atoms with van der Waals surface area (Å²) in [5.74, 6) is 0.535. The zero-order chi connectivity index (χ0) is 19.4. The first-order valence-corrected chi connectivity index (χ1v) is 8.56.